The van der Waals surface area contributed by atoms with E-state index in [2.05, 4.69) is 36.2 Å². The molecule has 3 aromatic rings. The maximum absolute atomic E-state index is 12.8. The number of aromatic nitrogens is 1. The van der Waals surface area contributed by atoms with Gasteiger partial charge in [-0.1, -0.05) is 29.5 Å². The first kappa shape index (κ1) is 22.7. The summed E-state index contributed by atoms with van der Waals surface area (Å²) in [5.41, 5.74) is 4.42. The van der Waals surface area contributed by atoms with Gasteiger partial charge in [-0.25, -0.2) is 18.5 Å². The van der Waals surface area contributed by atoms with Gasteiger partial charge in [0, 0.05) is 19.6 Å². The fourth-order valence-electron chi connectivity index (χ4n) is 4.18. The lowest BCUT2D eigenvalue weighted by atomic mass is 9.97. The van der Waals surface area contributed by atoms with Crippen molar-refractivity contribution in [2.24, 2.45) is 11.1 Å². The first-order chi connectivity index (χ1) is 15.2. The summed E-state index contributed by atoms with van der Waals surface area (Å²) < 4.78 is 23.9. The van der Waals surface area contributed by atoms with Crippen LogP contribution in [-0.2, 0) is 21.2 Å². The molecule has 7 nitrogen and oxygen atoms in total. The third-order valence-corrected chi connectivity index (χ3v) is 7.84. The van der Waals surface area contributed by atoms with Crippen LogP contribution < -0.4 is 15.4 Å². The number of nitrogens with zero attached hydrogens (tertiary/aromatic N) is 2. The Labute approximate surface area is 192 Å². The fraction of sp³-hybridized carbons (Fsp3) is 0.391. The predicted molar refractivity (Wildman–Crippen MR) is 129 cm³/mol. The van der Waals surface area contributed by atoms with Crippen molar-refractivity contribution in [1.82, 2.24) is 10.3 Å². The minimum atomic E-state index is -3.69. The van der Waals surface area contributed by atoms with E-state index in [9.17, 15) is 13.2 Å². The zero-order chi connectivity index (χ0) is 22.9. The number of aryl methyl sites for hydroxylation is 2. The highest BCUT2D eigenvalue weighted by Gasteiger charge is 2.27. The van der Waals surface area contributed by atoms with Crippen LogP contribution in [0.2, 0.25) is 0 Å². The molecule has 1 aromatic heterocycles. The normalized spacial score (nSPS) is 17.0. The molecule has 1 saturated heterocycles. The van der Waals surface area contributed by atoms with E-state index in [4.69, 9.17) is 10.1 Å². The molecule has 1 aliphatic rings. The lowest BCUT2D eigenvalue weighted by Gasteiger charge is -2.31. The first-order valence-electron chi connectivity index (χ1n) is 10.7. The van der Waals surface area contributed by atoms with Gasteiger partial charge in [-0.05, 0) is 68.0 Å². The molecule has 0 unspecified atom stereocenters. The highest BCUT2D eigenvalue weighted by molar-refractivity contribution is 7.89. The van der Waals surface area contributed by atoms with Gasteiger partial charge in [0.1, 0.15) is 0 Å². The van der Waals surface area contributed by atoms with Crippen molar-refractivity contribution in [3.05, 3.63) is 53.1 Å². The molecule has 1 atom stereocenters. The van der Waals surface area contributed by atoms with Crippen molar-refractivity contribution in [1.29, 1.82) is 0 Å². The monoisotopic (exact) mass is 472 g/mol. The number of piperidine rings is 1. The molecule has 32 heavy (non-hydrogen) atoms. The van der Waals surface area contributed by atoms with Crippen molar-refractivity contribution in [2.75, 3.05) is 24.5 Å². The summed E-state index contributed by atoms with van der Waals surface area (Å²) in [6.45, 7) is 6.28. The van der Waals surface area contributed by atoms with E-state index in [1.165, 1.54) is 28.0 Å². The Morgan fingerprint density at radius 1 is 1.25 bits per heavy atom. The van der Waals surface area contributed by atoms with Crippen LogP contribution in [0.1, 0.15) is 29.5 Å². The van der Waals surface area contributed by atoms with Crippen LogP contribution >= 0.6 is 11.3 Å². The van der Waals surface area contributed by atoms with Gasteiger partial charge in [-0.15, -0.1) is 0 Å². The molecule has 9 heteroatoms. The van der Waals surface area contributed by atoms with E-state index in [-0.39, 0.29) is 16.7 Å². The largest absolute Gasteiger partial charge is 0.355 e. The van der Waals surface area contributed by atoms with E-state index in [0.29, 0.717) is 19.5 Å². The number of sulfonamides is 1. The SMILES string of the molecule is Cc1cc(C)c2nc(N3CCC[C@H](C(=O)NCCc4ccc(S(N)(=O)=O)cc4)C3)sc2c1. The zero-order valence-corrected chi connectivity index (χ0v) is 19.9. The topological polar surface area (TPSA) is 105 Å². The Balaban J connectivity index is 1.34. The van der Waals surface area contributed by atoms with Crippen molar-refractivity contribution in [2.45, 2.75) is 38.0 Å². The molecular formula is C23H28N4O3S2. The fourth-order valence-corrected chi connectivity index (χ4v) is 5.87. The minimum absolute atomic E-state index is 0.0593. The number of hydrogen-bond donors (Lipinski definition) is 2. The number of thiazole rings is 1. The van der Waals surface area contributed by atoms with Gasteiger partial charge >= 0.3 is 0 Å². The van der Waals surface area contributed by atoms with E-state index in [1.54, 1.807) is 23.5 Å². The van der Waals surface area contributed by atoms with Crippen LogP contribution in [0, 0.1) is 19.8 Å². The number of hydrogen-bond acceptors (Lipinski definition) is 6. The Kier molecular flexibility index (Phi) is 6.50. The summed E-state index contributed by atoms with van der Waals surface area (Å²) in [5.74, 6) is -0.00709. The molecular weight excluding hydrogens is 444 g/mol. The molecule has 1 amide bonds. The standard InChI is InChI=1S/C23H28N4O3S2/c1-15-12-16(2)21-20(13-15)31-23(26-21)27-11-3-4-18(14-27)22(28)25-10-9-17-5-7-19(8-6-17)32(24,29)30/h5-8,12-13,18H,3-4,9-11,14H2,1-2H3,(H,25,28)(H2,24,29,30)/t18-/m0/s1. The van der Waals surface area contributed by atoms with Crippen LogP contribution in [0.4, 0.5) is 5.13 Å². The van der Waals surface area contributed by atoms with E-state index < -0.39 is 10.0 Å². The number of carbonyl (C=O) groups is 1. The lowest BCUT2D eigenvalue weighted by Crippen LogP contribution is -2.43. The van der Waals surface area contributed by atoms with Crippen molar-refractivity contribution in [3.63, 3.8) is 0 Å². The van der Waals surface area contributed by atoms with Crippen LogP contribution in [-0.4, -0.2) is 38.9 Å². The number of fused-ring (bicyclic) bond motifs is 1. The first-order valence-corrected chi connectivity index (χ1v) is 13.1. The average molecular weight is 473 g/mol. The molecule has 170 valence electrons. The molecule has 0 saturated carbocycles. The zero-order valence-electron chi connectivity index (χ0n) is 18.3. The van der Waals surface area contributed by atoms with Crippen LogP contribution in [0.15, 0.2) is 41.3 Å². The molecule has 4 rings (SSSR count). The number of amides is 1. The number of nitrogens with two attached hydrogens (primary N) is 1. The van der Waals surface area contributed by atoms with Gasteiger partial charge in [0.05, 0.1) is 21.0 Å². The van der Waals surface area contributed by atoms with E-state index in [1.807, 2.05) is 0 Å². The molecule has 3 N–H and O–H groups in total. The average Bonchev–Trinajstić information content (AvgIpc) is 3.18. The van der Waals surface area contributed by atoms with Gasteiger partial charge in [-0.3, -0.25) is 4.79 Å². The number of benzene rings is 2. The summed E-state index contributed by atoms with van der Waals surface area (Å²) in [6.07, 6.45) is 2.46. The molecule has 0 radical (unpaired) electrons. The maximum atomic E-state index is 12.8. The lowest BCUT2D eigenvalue weighted by molar-refractivity contribution is -0.125. The van der Waals surface area contributed by atoms with Crippen molar-refractivity contribution in [3.8, 4) is 0 Å². The second kappa shape index (κ2) is 9.17. The Hall–Kier alpha value is -2.49. The van der Waals surface area contributed by atoms with E-state index in [0.717, 1.165) is 35.6 Å². The molecule has 1 fully saturated rings. The summed E-state index contributed by atoms with van der Waals surface area (Å²) in [4.78, 5) is 20.0. The molecule has 1 aliphatic heterocycles. The van der Waals surface area contributed by atoms with E-state index >= 15 is 0 Å². The molecule has 0 spiro atoms. The number of carbonyl (C=O) groups excluding carboxylic acids is 1. The summed E-state index contributed by atoms with van der Waals surface area (Å²) in [5, 5.41) is 9.15. The number of anilines is 1. The Morgan fingerprint density at radius 2 is 2.00 bits per heavy atom. The number of nitrogens with one attached hydrogen (secondary N) is 1. The van der Waals surface area contributed by atoms with Gasteiger partial charge in [0.25, 0.3) is 0 Å². The van der Waals surface area contributed by atoms with Crippen LogP contribution in [0.3, 0.4) is 0 Å². The highest BCUT2D eigenvalue weighted by atomic mass is 32.2. The second-order valence-corrected chi connectivity index (χ2v) is 11.0. The quantitative estimate of drug-likeness (QED) is 0.573. The molecule has 2 aromatic carbocycles. The Bertz CT molecular complexity index is 1240. The molecule has 2 heterocycles. The van der Waals surface area contributed by atoms with Gasteiger partial charge in [0.15, 0.2) is 5.13 Å². The van der Waals surface area contributed by atoms with Gasteiger partial charge in [0.2, 0.25) is 15.9 Å². The highest BCUT2D eigenvalue weighted by Crippen LogP contribution is 2.33. The number of primary sulfonamides is 1. The van der Waals surface area contributed by atoms with Crippen LogP contribution in [0.25, 0.3) is 10.2 Å². The van der Waals surface area contributed by atoms with Crippen molar-refractivity contribution < 1.29 is 13.2 Å². The smallest absolute Gasteiger partial charge is 0.238 e. The summed E-state index contributed by atoms with van der Waals surface area (Å²) in [6, 6.07) is 10.8. The van der Waals surface area contributed by atoms with Gasteiger partial charge in [-0.2, -0.15) is 0 Å². The molecule has 0 bridgehead atoms. The maximum Gasteiger partial charge on any atom is 0.238 e. The second-order valence-electron chi connectivity index (χ2n) is 8.44. The summed E-state index contributed by atoms with van der Waals surface area (Å²) >= 11 is 1.70. The third kappa shape index (κ3) is 5.11. The Morgan fingerprint density at radius 3 is 2.72 bits per heavy atom. The third-order valence-electron chi connectivity index (χ3n) is 5.85. The molecule has 0 aliphatic carbocycles. The minimum Gasteiger partial charge on any atom is -0.355 e. The van der Waals surface area contributed by atoms with Gasteiger partial charge < -0.3 is 10.2 Å². The van der Waals surface area contributed by atoms with Crippen LogP contribution in [0.5, 0.6) is 0 Å². The summed E-state index contributed by atoms with van der Waals surface area (Å²) in [7, 11) is -3.69. The number of rotatable bonds is 6. The predicted octanol–water partition coefficient (Wildman–Crippen LogP) is 3.14. The van der Waals surface area contributed by atoms with Crippen molar-refractivity contribution >= 4 is 42.6 Å².